The zero-order valence-corrected chi connectivity index (χ0v) is 10.0. The summed E-state index contributed by atoms with van der Waals surface area (Å²) in [6, 6.07) is 6.42. The van der Waals surface area contributed by atoms with Gasteiger partial charge in [0.1, 0.15) is 11.4 Å². The molecule has 1 aromatic carbocycles. The lowest BCUT2D eigenvalue weighted by Gasteiger charge is -2.11. The average molecular weight is 261 g/mol. The van der Waals surface area contributed by atoms with Crippen LogP contribution in [-0.4, -0.2) is 9.78 Å². The Kier molecular flexibility index (Phi) is 3.38. The van der Waals surface area contributed by atoms with E-state index in [9.17, 15) is 13.6 Å². The fourth-order valence-electron chi connectivity index (χ4n) is 1.70. The summed E-state index contributed by atoms with van der Waals surface area (Å²) in [5, 5.41) is 12.5. The highest BCUT2D eigenvalue weighted by molar-refractivity contribution is 5.36. The van der Waals surface area contributed by atoms with E-state index in [2.05, 4.69) is 5.10 Å². The summed E-state index contributed by atoms with van der Waals surface area (Å²) in [5.41, 5.74) is -0.544. The maximum absolute atomic E-state index is 13.7. The number of halogens is 2. The molecule has 0 saturated carbocycles. The molecule has 0 aliphatic carbocycles. The number of hydrogen-bond donors (Lipinski definition) is 0. The normalized spacial score (nSPS) is 10.2. The lowest BCUT2D eigenvalue weighted by molar-refractivity contribution is 0.552. The van der Waals surface area contributed by atoms with Gasteiger partial charge in [-0.15, -0.1) is 0 Å². The van der Waals surface area contributed by atoms with Crippen LogP contribution < -0.4 is 5.43 Å². The molecule has 0 radical (unpaired) electrons. The first-order valence-corrected chi connectivity index (χ1v) is 5.45. The third kappa shape index (κ3) is 2.36. The highest BCUT2D eigenvalue weighted by atomic mass is 19.1. The molecular formula is C13H9F2N3O. The minimum Gasteiger partial charge on any atom is -0.288 e. The van der Waals surface area contributed by atoms with Crippen LogP contribution in [0.25, 0.3) is 5.69 Å². The van der Waals surface area contributed by atoms with Crippen LogP contribution in [-0.2, 0) is 6.42 Å². The van der Waals surface area contributed by atoms with Gasteiger partial charge < -0.3 is 0 Å². The first-order valence-electron chi connectivity index (χ1n) is 5.45. The summed E-state index contributed by atoms with van der Waals surface area (Å²) in [5.74, 6) is -1.58. The molecular weight excluding hydrogens is 252 g/mol. The fraction of sp³-hybridized carbons (Fsp3) is 0.154. The van der Waals surface area contributed by atoms with Gasteiger partial charge in [0, 0.05) is 11.8 Å². The molecule has 0 atom stereocenters. The number of benzene rings is 1. The average Bonchev–Trinajstić information content (AvgIpc) is 2.34. The molecule has 6 heteroatoms. The second-order valence-electron chi connectivity index (χ2n) is 3.91. The van der Waals surface area contributed by atoms with Crippen LogP contribution >= 0.6 is 0 Å². The first-order chi connectivity index (χ1) is 9.04. The molecule has 0 fully saturated rings. The van der Waals surface area contributed by atoms with E-state index >= 15 is 0 Å². The molecule has 19 heavy (non-hydrogen) atoms. The van der Waals surface area contributed by atoms with E-state index in [4.69, 9.17) is 5.26 Å². The molecule has 1 heterocycles. The molecule has 4 nitrogen and oxygen atoms in total. The fourth-order valence-corrected chi connectivity index (χ4v) is 1.70. The minimum absolute atomic E-state index is 0.0456. The van der Waals surface area contributed by atoms with Crippen molar-refractivity contribution in [2.24, 2.45) is 0 Å². The summed E-state index contributed by atoms with van der Waals surface area (Å²) < 4.78 is 28.4. The van der Waals surface area contributed by atoms with E-state index in [0.29, 0.717) is 0 Å². The SMILES string of the molecule is Cc1cc(=O)c(CC#N)nn1-c1c(F)cccc1F. The number of nitriles is 1. The standard InChI is InChI=1S/C13H9F2N3O/c1-8-7-12(19)11(5-6-16)17-18(8)13-9(14)3-2-4-10(13)15/h2-4,7H,5H2,1H3. The highest BCUT2D eigenvalue weighted by Gasteiger charge is 2.14. The Bertz CT molecular complexity index is 711. The molecule has 0 aliphatic heterocycles. The van der Waals surface area contributed by atoms with E-state index in [0.717, 1.165) is 16.8 Å². The van der Waals surface area contributed by atoms with Crippen LogP contribution in [0.3, 0.4) is 0 Å². The summed E-state index contributed by atoms with van der Waals surface area (Å²) in [6.45, 7) is 1.51. The van der Waals surface area contributed by atoms with Gasteiger partial charge in [0.2, 0.25) is 5.43 Å². The molecule has 0 saturated heterocycles. The Labute approximate surface area is 107 Å². The van der Waals surface area contributed by atoms with Gasteiger partial charge in [-0.1, -0.05) is 6.07 Å². The predicted octanol–water partition coefficient (Wildman–Crippen LogP) is 1.89. The third-order valence-electron chi connectivity index (χ3n) is 2.58. The Morgan fingerprint density at radius 2 is 2.00 bits per heavy atom. The molecule has 1 aromatic heterocycles. The smallest absolute Gasteiger partial charge is 0.204 e. The van der Waals surface area contributed by atoms with Gasteiger partial charge in [0.25, 0.3) is 0 Å². The number of aromatic nitrogens is 2. The maximum atomic E-state index is 13.7. The van der Waals surface area contributed by atoms with Gasteiger partial charge >= 0.3 is 0 Å². The number of hydrogen-bond acceptors (Lipinski definition) is 3. The number of aryl methyl sites for hydroxylation is 1. The van der Waals surface area contributed by atoms with Crippen LogP contribution in [0.4, 0.5) is 8.78 Å². The van der Waals surface area contributed by atoms with E-state index in [-0.39, 0.29) is 23.5 Å². The molecule has 0 N–H and O–H groups in total. The van der Waals surface area contributed by atoms with Crippen molar-refractivity contribution in [3.8, 4) is 11.8 Å². The Hall–Kier alpha value is -2.55. The van der Waals surface area contributed by atoms with Gasteiger partial charge in [-0.05, 0) is 19.1 Å². The van der Waals surface area contributed by atoms with Gasteiger partial charge in [-0.25, -0.2) is 13.5 Å². The Balaban J connectivity index is 2.73. The van der Waals surface area contributed by atoms with Crippen LogP contribution in [0.15, 0.2) is 29.1 Å². The maximum Gasteiger partial charge on any atom is 0.204 e. The van der Waals surface area contributed by atoms with Gasteiger partial charge in [-0.3, -0.25) is 4.79 Å². The topological polar surface area (TPSA) is 58.7 Å². The largest absolute Gasteiger partial charge is 0.288 e. The highest BCUT2D eigenvalue weighted by Crippen LogP contribution is 2.17. The van der Waals surface area contributed by atoms with Crippen molar-refractivity contribution in [1.29, 1.82) is 5.26 Å². The van der Waals surface area contributed by atoms with Gasteiger partial charge in [0.05, 0.1) is 12.5 Å². The molecule has 96 valence electrons. The second-order valence-corrected chi connectivity index (χ2v) is 3.91. The first kappa shape index (κ1) is 12.9. The summed E-state index contributed by atoms with van der Waals surface area (Å²) >= 11 is 0. The zero-order valence-electron chi connectivity index (χ0n) is 10.0. The Morgan fingerprint density at radius 1 is 1.37 bits per heavy atom. The van der Waals surface area contributed by atoms with Crippen LogP contribution in [0.1, 0.15) is 11.4 Å². The van der Waals surface area contributed by atoms with Crippen molar-refractivity contribution >= 4 is 0 Å². The lowest BCUT2D eigenvalue weighted by atomic mass is 10.2. The van der Waals surface area contributed by atoms with E-state index in [1.807, 2.05) is 0 Å². The predicted molar refractivity (Wildman–Crippen MR) is 63.8 cm³/mol. The molecule has 0 unspecified atom stereocenters. The third-order valence-corrected chi connectivity index (χ3v) is 2.58. The number of rotatable bonds is 2. The van der Waals surface area contributed by atoms with Gasteiger partial charge in [-0.2, -0.15) is 10.4 Å². The van der Waals surface area contributed by atoms with E-state index in [1.54, 1.807) is 6.07 Å². The van der Waals surface area contributed by atoms with Crippen molar-refractivity contribution in [1.82, 2.24) is 9.78 Å². The van der Waals surface area contributed by atoms with E-state index < -0.39 is 17.1 Å². The van der Waals surface area contributed by atoms with Crippen molar-refractivity contribution < 1.29 is 8.78 Å². The Morgan fingerprint density at radius 3 is 2.58 bits per heavy atom. The molecule has 2 rings (SSSR count). The zero-order chi connectivity index (χ0) is 14.0. The minimum atomic E-state index is -0.790. The molecule has 2 aromatic rings. The van der Waals surface area contributed by atoms with Crippen molar-refractivity contribution in [3.63, 3.8) is 0 Å². The van der Waals surface area contributed by atoms with E-state index in [1.165, 1.54) is 19.1 Å². The van der Waals surface area contributed by atoms with Crippen LogP contribution in [0, 0.1) is 29.9 Å². The summed E-state index contributed by atoms with van der Waals surface area (Å²) in [7, 11) is 0. The van der Waals surface area contributed by atoms with Crippen LogP contribution in [0.5, 0.6) is 0 Å². The van der Waals surface area contributed by atoms with Crippen molar-refractivity contribution in [2.45, 2.75) is 13.3 Å². The number of nitrogens with zero attached hydrogens (tertiary/aromatic N) is 3. The molecule has 0 bridgehead atoms. The van der Waals surface area contributed by atoms with Gasteiger partial charge in [0.15, 0.2) is 11.6 Å². The number of para-hydroxylation sites is 1. The summed E-state index contributed by atoms with van der Waals surface area (Å²) in [6.07, 6.45) is -0.213. The molecule has 0 spiro atoms. The second kappa shape index (κ2) is 4.98. The molecule has 0 amide bonds. The lowest BCUT2D eigenvalue weighted by Crippen LogP contribution is -2.20. The van der Waals surface area contributed by atoms with Crippen molar-refractivity contribution in [3.05, 3.63) is 57.5 Å². The molecule has 0 aliphatic rings. The van der Waals surface area contributed by atoms with Crippen LogP contribution in [0.2, 0.25) is 0 Å². The van der Waals surface area contributed by atoms with Crippen molar-refractivity contribution in [2.75, 3.05) is 0 Å². The quantitative estimate of drug-likeness (QED) is 0.829. The summed E-state index contributed by atoms with van der Waals surface area (Å²) in [4.78, 5) is 11.6. The monoisotopic (exact) mass is 261 g/mol.